The van der Waals surface area contributed by atoms with Gasteiger partial charge >= 0.3 is 0 Å². The summed E-state index contributed by atoms with van der Waals surface area (Å²) in [6, 6.07) is 1.35. The third-order valence-corrected chi connectivity index (χ3v) is 4.59. The van der Waals surface area contributed by atoms with Crippen molar-refractivity contribution in [1.82, 2.24) is 9.97 Å². The van der Waals surface area contributed by atoms with Crippen molar-refractivity contribution in [3.63, 3.8) is 0 Å². The highest BCUT2D eigenvalue weighted by Crippen LogP contribution is 2.10. The molecule has 0 aromatic carbocycles. The molecule has 1 unspecified atom stereocenters. The van der Waals surface area contributed by atoms with Crippen LogP contribution < -0.4 is 15.5 Å². The number of amides is 1. The van der Waals surface area contributed by atoms with Crippen molar-refractivity contribution in [3.8, 4) is 5.75 Å². The van der Waals surface area contributed by atoms with E-state index >= 15 is 0 Å². The summed E-state index contributed by atoms with van der Waals surface area (Å²) in [5, 5.41) is 4.77. The lowest BCUT2D eigenvalue weighted by molar-refractivity contribution is -0.113. The van der Waals surface area contributed by atoms with E-state index < -0.39 is 10.8 Å². The van der Waals surface area contributed by atoms with Gasteiger partial charge in [-0.1, -0.05) is 6.92 Å². The third-order valence-electron chi connectivity index (χ3n) is 2.69. The molecule has 0 fully saturated rings. The summed E-state index contributed by atoms with van der Waals surface area (Å²) in [6.45, 7) is 2.41. The average Bonchev–Trinajstić information content (AvgIpc) is 2.99. The maximum Gasteiger partial charge on any atom is 0.238 e. The van der Waals surface area contributed by atoms with Crippen LogP contribution >= 0.6 is 11.3 Å². The standard InChI is InChI=1S/C14H17N3O4S2/c1-2-4-21-12-7-16-10(6-11(12)18)8-23(20)9-13(19)17-14-15-3-5-22-14/h3,5-7H,2,4,8-9H2,1H3,(H,16,18)(H,15,17,19). The summed E-state index contributed by atoms with van der Waals surface area (Å²) in [7, 11) is -1.43. The number of aromatic nitrogens is 2. The quantitative estimate of drug-likeness (QED) is 0.747. The molecule has 2 heterocycles. The molecule has 124 valence electrons. The summed E-state index contributed by atoms with van der Waals surface area (Å²) in [6.07, 6.45) is 3.84. The molecular formula is C14H17N3O4S2. The monoisotopic (exact) mass is 355 g/mol. The van der Waals surface area contributed by atoms with E-state index in [0.717, 1.165) is 6.42 Å². The average molecular weight is 355 g/mol. The van der Waals surface area contributed by atoms with Gasteiger partial charge in [-0.2, -0.15) is 0 Å². The number of aromatic amines is 1. The Balaban J connectivity index is 1.88. The van der Waals surface area contributed by atoms with Crippen LogP contribution in [0.25, 0.3) is 0 Å². The second kappa shape index (κ2) is 8.59. The van der Waals surface area contributed by atoms with E-state index in [1.165, 1.54) is 23.6 Å². The van der Waals surface area contributed by atoms with Gasteiger partial charge < -0.3 is 15.0 Å². The Morgan fingerprint density at radius 1 is 1.52 bits per heavy atom. The molecule has 23 heavy (non-hydrogen) atoms. The Labute approximate surface area is 139 Å². The molecule has 2 aromatic rings. The number of carbonyl (C=O) groups is 1. The number of pyridine rings is 1. The molecule has 0 radical (unpaired) electrons. The minimum Gasteiger partial charge on any atom is -0.488 e. The van der Waals surface area contributed by atoms with Crippen LogP contribution in [0.15, 0.2) is 28.6 Å². The van der Waals surface area contributed by atoms with Crippen LogP contribution in [0, 0.1) is 0 Å². The van der Waals surface area contributed by atoms with E-state index in [9.17, 15) is 13.8 Å². The summed E-state index contributed by atoms with van der Waals surface area (Å²) in [5.74, 6) is -0.198. The second-order valence-electron chi connectivity index (χ2n) is 4.65. The summed E-state index contributed by atoms with van der Waals surface area (Å²) in [4.78, 5) is 30.3. The molecule has 1 atom stereocenters. The number of ether oxygens (including phenoxy) is 1. The first-order valence-corrected chi connectivity index (χ1v) is 9.34. The smallest absolute Gasteiger partial charge is 0.238 e. The van der Waals surface area contributed by atoms with Crippen molar-refractivity contribution >= 4 is 33.2 Å². The number of H-pyrrole nitrogens is 1. The van der Waals surface area contributed by atoms with Crippen LogP contribution in [-0.2, 0) is 21.3 Å². The van der Waals surface area contributed by atoms with Gasteiger partial charge in [-0.3, -0.25) is 13.8 Å². The Hall–Kier alpha value is -2.00. The Bertz CT molecular complexity index is 728. The molecule has 0 saturated heterocycles. The van der Waals surface area contributed by atoms with Crippen molar-refractivity contribution < 1.29 is 13.7 Å². The molecule has 2 N–H and O–H groups in total. The molecule has 7 nitrogen and oxygen atoms in total. The molecule has 0 aliphatic rings. The van der Waals surface area contributed by atoms with E-state index in [0.29, 0.717) is 17.4 Å². The fraction of sp³-hybridized carbons (Fsp3) is 0.357. The van der Waals surface area contributed by atoms with Crippen molar-refractivity contribution in [2.45, 2.75) is 19.1 Å². The summed E-state index contributed by atoms with van der Waals surface area (Å²) >= 11 is 1.29. The van der Waals surface area contributed by atoms with Crippen LogP contribution in [0.2, 0.25) is 0 Å². The first-order chi connectivity index (χ1) is 11.1. The fourth-order valence-electron chi connectivity index (χ4n) is 1.72. The van der Waals surface area contributed by atoms with E-state index in [4.69, 9.17) is 4.74 Å². The number of rotatable bonds is 8. The van der Waals surface area contributed by atoms with Gasteiger partial charge in [0.25, 0.3) is 0 Å². The Morgan fingerprint density at radius 2 is 2.35 bits per heavy atom. The first-order valence-electron chi connectivity index (χ1n) is 6.97. The van der Waals surface area contributed by atoms with E-state index in [1.54, 1.807) is 11.6 Å². The maximum absolute atomic E-state index is 12.0. The molecular weight excluding hydrogens is 338 g/mol. The van der Waals surface area contributed by atoms with Crippen molar-refractivity contribution in [2.75, 3.05) is 17.7 Å². The zero-order valence-corrected chi connectivity index (χ0v) is 14.2. The van der Waals surface area contributed by atoms with Gasteiger partial charge in [0.1, 0.15) is 5.75 Å². The first kappa shape index (κ1) is 17.4. The molecule has 2 aromatic heterocycles. The minimum atomic E-state index is -1.43. The van der Waals surface area contributed by atoms with Crippen molar-refractivity contribution in [1.29, 1.82) is 0 Å². The van der Waals surface area contributed by atoms with Gasteiger partial charge in [-0.15, -0.1) is 11.3 Å². The highest BCUT2D eigenvalue weighted by Gasteiger charge is 2.11. The number of anilines is 1. The van der Waals surface area contributed by atoms with Gasteiger partial charge in [-0.05, 0) is 6.42 Å². The summed E-state index contributed by atoms with van der Waals surface area (Å²) < 4.78 is 17.3. The molecule has 2 rings (SSSR count). The lowest BCUT2D eigenvalue weighted by atomic mass is 10.3. The predicted octanol–water partition coefficient (Wildman–Crippen LogP) is 1.51. The lowest BCUT2D eigenvalue weighted by Crippen LogP contribution is -2.20. The Kier molecular flexibility index (Phi) is 6.48. The van der Waals surface area contributed by atoms with Crippen molar-refractivity contribution in [2.24, 2.45) is 0 Å². The molecule has 1 amide bonds. The van der Waals surface area contributed by atoms with Crippen molar-refractivity contribution in [3.05, 3.63) is 39.8 Å². The predicted molar refractivity (Wildman–Crippen MR) is 90.3 cm³/mol. The molecule has 0 spiro atoms. The topological polar surface area (TPSA) is 101 Å². The van der Waals surface area contributed by atoms with Crippen LogP contribution in [-0.4, -0.2) is 32.4 Å². The second-order valence-corrected chi connectivity index (χ2v) is 7.00. The number of hydrogen-bond acceptors (Lipinski definition) is 6. The van der Waals surface area contributed by atoms with Gasteiger partial charge in [0, 0.05) is 40.3 Å². The van der Waals surface area contributed by atoms with Crippen LogP contribution in [0.3, 0.4) is 0 Å². The number of thiazole rings is 1. The fourth-order valence-corrected chi connectivity index (χ4v) is 3.25. The number of nitrogens with one attached hydrogen (secondary N) is 2. The van der Waals surface area contributed by atoms with Gasteiger partial charge in [0.2, 0.25) is 11.3 Å². The van der Waals surface area contributed by atoms with E-state index in [1.807, 2.05) is 6.92 Å². The van der Waals surface area contributed by atoms with Crippen LogP contribution in [0.5, 0.6) is 5.75 Å². The Morgan fingerprint density at radius 3 is 3.00 bits per heavy atom. The van der Waals surface area contributed by atoms with Crippen LogP contribution in [0.1, 0.15) is 19.0 Å². The van der Waals surface area contributed by atoms with Gasteiger partial charge in [0.15, 0.2) is 10.9 Å². The number of nitrogens with zero attached hydrogens (tertiary/aromatic N) is 1. The zero-order chi connectivity index (χ0) is 16.7. The largest absolute Gasteiger partial charge is 0.488 e. The molecule has 0 bridgehead atoms. The lowest BCUT2D eigenvalue weighted by Gasteiger charge is -2.06. The maximum atomic E-state index is 12.0. The number of carbonyl (C=O) groups excluding carboxylic acids is 1. The number of hydrogen-bond donors (Lipinski definition) is 2. The van der Waals surface area contributed by atoms with Crippen LogP contribution in [0.4, 0.5) is 5.13 Å². The third kappa shape index (κ3) is 5.61. The molecule has 0 aliphatic heterocycles. The molecule has 9 heteroatoms. The normalized spacial score (nSPS) is 11.9. The molecule has 0 aliphatic carbocycles. The summed E-state index contributed by atoms with van der Waals surface area (Å²) in [5.41, 5.74) is 0.232. The van der Waals surface area contributed by atoms with Gasteiger partial charge in [0.05, 0.1) is 12.4 Å². The molecule has 0 saturated carbocycles. The van der Waals surface area contributed by atoms with E-state index in [-0.39, 0.29) is 28.6 Å². The van der Waals surface area contributed by atoms with E-state index in [2.05, 4.69) is 15.3 Å². The minimum absolute atomic E-state index is 0.0919. The van der Waals surface area contributed by atoms with Gasteiger partial charge in [-0.25, -0.2) is 4.98 Å². The zero-order valence-electron chi connectivity index (χ0n) is 12.5. The SMILES string of the molecule is CCCOc1c[nH]c(CS(=O)CC(=O)Nc2nccs2)cc1=O. The highest BCUT2D eigenvalue weighted by molar-refractivity contribution is 7.84. The highest BCUT2D eigenvalue weighted by atomic mass is 32.2.